The lowest BCUT2D eigenvalue weighted by atomic mass is 9.99. The number of pyridine rings is 1. The monoisotopic (exact) mass is 340 g/mol. The molecule has 0 aliphatic rings. The van der Waals surface area contributed by atoms with Gasteiger partial charge in [0, 0.05) is 24.7 Å². The van der Waals surface area contributed by atoms with Gasteiger partial charge in [-0.1, -0.05) is 37.3 Å². The second-order valence-electron chi connectivity index (χ2n) is 6.07. The van der Waals surface area contributed by atoms with E-state index < -0.39 is 12.0 Å². The third-order valence-corrected chi connectivity index (χ3v) is 4.15. The number of hydrogen-bond acceptors (Lipinski definition) is 4. The lowest BCUT2D eigenvalue weighted by molar-refractivity contribution is -0.145. The van der Waals surface area contributed by atoms with Crippen molar-refractivity contribution in [3.63, 3.8) is 0 Å². The molecule has 2 atom stereocenters. The molecule has 0 saturated heterocycles. The smallest absolute Gasteiger partial charge is 0.328 e. The maximum absolute atomic E-state index is 12.5. The standard InChI is InChI=1S/C20H24N2O3/c1-15(8-9-16-6-4-3-5-7-16)19(23)22-18(20(24)25-2)14-17-10-12-21-13-11-17/h3-7,10-13,15,18H,8-9,14H2,1-2H3,(H,22,23)/t15-,18-/m0/s1. The SMILES string of the molecule is COC(=O)[C@H](Cc1ccncc1)NC(=O)[C@@H](C)CCc1ccccc1. The summed E-state index contributed by atoms with van der Waals surface area (Å²) in [7, 11) is 1.33. The van der Waals surface area contributed by atoms with Crippen molar-refractivity contribution in [1.82, 2.24) is 10.3 Å². The molecule has 1 N–H and O–H groups in total. The lowest BCUT2D eigenvalue weighted by Gasteiger charge is -2.19. The Kier molecular flexibility index (Phi) is 7.14. The highest BCUT2D eigenvalue weighted by atomic mass is 16.5. The highest BCUT2D eigenvalue weighted by Crippen LogP contribution is 2.11. The van der Waals surface area contributed by atoms with E-state index in [4.69, 9.17) is 4.74 Å². The number of hydrogen-bond donors (Lipinski definition) is 1. The molecule has 25 heavy (non-hydrogen) atoms. The number of benzene rings is 1. The van der Waals surface area contributed by atoms with E-state index in [1.165, 1.54) is 12.7 Å². The number of aryl methyl sites for hydroxylation is 1. The van der Waals surface area contributed by atoms with Crippen molar-refractivity contribution in [3.8, 4) is 0 Å². The van der Waals surface area contributed by atoms with Gasteiger partial charge in [-0.15, -0.1) is 0 Å². The van der Waals surface area contributed by atoms with Gasteiger partial charge in [-0.3, -0.25) is 9.78 Å². The van der Waals surface area contributed by atoms with Gasteiger partial charge in [0.2, 0.25) is 5.91 Å². The van der Waals surface area contributed by atoms with Crippen molar-refractivity contribution in [3.05, 3.63) is 66.0 Å². The summed E-state index contributed by atoms with van der Waals surface area (Å²) in [6.45, 7) is 1.87. The summed E-state index contributed by atoms with van der Waals surface area (Å²) in [5.41, 5.74) is 2.12. The van der Waals surface area contributed by atoms with E-state index in [2.05, 4.69) is 10.3 Å². The van der Waals surface area contributed by atoms with Gasteiger partial charge in [0.1, 0.15) is 6.04 Å². The first-order valence-corrected chi connectivity index (χ1v) is 8.41. The number of carbonyl (C=O) groups excluding carboxylic acids is 2. The van der Waals surface area contributed by atoms with Gasteiger partial charge in [0.25, 0.3) is 0 Å². The summed E-state index contributed by atoms with van der Waals surface area (Å²) in [6, 6.07) is 13.0. The van der Waals surface area contributed by atoms with Gasteiger partial charge >= 0.3 is 5.97 Å². The zero-order chi connectivity index (χ0) is 18.1. The van der Waals surface area contributed by atoms with Crippen LogP contribution in [0.2, 0.25) is 0 Å². The van der Waals surface area contributed by atoms with Crippen LogP contribution >= 0.6 is 0 Å². The van der Waals surface area contributed by atoms with Crippen molar-refractivity contribution in [1.29, 1.82) is 0 Å². The lowest BCUT2D eigenvalue weighted by Crippen LogP contribution is -2.45. The first-order valence-electron chi connectivity index (χ1n) is 8.41. The number of rotatable bonds is 8. The molecule has 2 aromatic rings. The summed E-state index contributed by atoms with van der Waals surface area (Å²) < 4.78 is 4.83. The Balaban J connectivity index is 1.92. The number of carbonyl (C=O) groups is 2. The van der Waals surface area contributed by atoms with Gasteiger partial charge < -0.3 is 10.1 Å². The van der Waals surface area contributed by atoms with Crippen molar-refractivity contribution < 1.29 is 14.3 Å². The molecule has 0 aliphatic carbocycles. The number of nitrogens with zero attached hydrogens (tertiary/aromatic N) is 1. The van der Waals surface area contributed by atoms with E-state index in [1.807, 2.05) is 49.4 Å². The Hall–Kier alpha value is -2.69. The molecule has 5 heteroatoms. The molecule has 1 aromatic carbocycles. The molecule has 5 nitrogen and oxygen atoms in total. The van der Waals surface area contributed by atoms with Crippen LogP contribution in [0, 0.1) is 5.92 Å². The highest BCUT2D eigenvalue weighted by Gasteiger charge is 2.24. The fourth-order valence-electron chi connectivity index (χ4n) is 2.56. The molecule has 0 radical (unpaired) electrons. The maximum atomic E-state index is 12.5. The van der Waals surface area contributed by atoms with Gasteiger partial charge in [-0.25, -0.2) is 4.79 Å². The third-order valence-electron chi connectivity index (χ3n) is 4.15. The Labute approximate surface area is 148 Å². The number of ether oxygens (including phenoxy) is 1. The van der Waals surface area contributed by atoms with Crippen molar-refractivity contribution in [2.75, 3.05) is 7.11 Å². The molecule has 132 valence electrons. The molecule has 1 amide bonds. The molecule has 0 aliphatic heterocycles. The molecule has 0 saturated carbocycles. The number of esters is 1. The summed E-state index contributed by atoms with van der Waals surface area (Å²) in [6.07, 6.45) is 5.25. The Morgan fingerprint density at radius 1 is 1.08 bits per heavy atom. The molecular weight excluding hydrogens is 316 g/mol. The van der Waals surface area contributed by atoms with E-state index in [9.17, 15) is 9.59 Å². The summed E-state index contributed by atoms with van der Waals surface area (Å²) in [5.74, 6) is -0.773. The van der Waals surface area contributed by atoms with Crippen LogP contribution in [0.1, 0.15) is 24.5 Å². The number of methoxy groups -OCH3 is 1. The number of amides is 1. The quantitative estimate of drug-likeness (QED) is 0.750. The fourth-order valence-corrected chi connectivity index (χ4v) is 2.56. The molecule has 1 aromatic heterocycles. The normalized spacial score (nSPS) is 12.9. The molecule has 0 bridgehead atoms. The fraction of sp³-hybridized carbons (Fsp3) is 0.350. The molecule has 1 heterocycles. The zero-order valence-corrected chi connectivity index (χ0v) is 14.6. The van der Waals surface area contributed by atoms with Gasteiger partial charge in [-0.05, 0) is 36.1 Å². The predicted molar refractivity (Wildman–Crippen MR) is 95.8 cm³/mol. The minimum atomic E-state index is -0.695. The number of nitrogens with one attached hydrogen (secondary N) is 1. The molecule has 0 fully saturated rings. The molecule has 0 spiro atoms. The summed E-state index contributed by atoms with van der Waals surface area (Å²) >= 11 is 0. The average Bonchev–Trinajstić information content (AvgIpc) is 2.66. The average molecular weight is 340 g/mol. The highest BCUT2D eigenvalue weighted by molar-refractivity contribution is 5.85. The third kappa shape index (κ3) is 6.03. The van der Waals surface area contributed by atoms with E-state index in [0.717, 1.165) is 18.4 Å². The van der Waals surface area contributed by atoms with Crippen LogP contribution in [0.5, 0.6) is 0 Å². The van der Waals surface area contributed by atoms with Crippen LogP contribution in [0.4, 0.5) is 0 Å². The Morgan fingerprint density at radius 3 is 2.40 bits per heavy atom. The summed E-state index contributed by atoms with van der Waals surface area (Å²) in [5, 5.41) is 2.82. The summed E-state index contributed by atoms with van der Waals surface area (Å²) in [4.78, 5) is 28.4. The van der Waals surface area contributed by atoms with E-state index in [1.54, 1.807) is 12.4 Å². The first kappa shape index (κ1) is 18.6. The minimum absolute atomic E-state index is 0.139. The van der Waals surface area contributed by atoms with Crippen molar-refractivity contribution in [2.24, 2.45) is 5.92 Å². The van der Waals surface area contributed by atoms with E-state index in [-0.39, 0.29) is 11.8 Å². The molecular formula is C20H24N2O3. The van der Waals surface area contributed by atoms with Gasteiger partial charge in [-0.2, -0.15) is 0 Å². The first-order chi connectivity index (χ1) is 12.1. The predicted octanol–water partition coefficient (Wildman–Crippen LogP) is 2.55. The number of aromatic nitrogens is 1. The van der Waals surface area contributed by atoms with Crippen molar-refractivity contribution in [2.45, 2.75) is 32.2 Å². The second-order valence-corrected chi connectivity index (χ2v) is 6.07. The van der Waals surface area contributed by atoms with Gasteiger partial charge in [0.05, 0.1) is 7.11 Å². The molecule has 0 unspecified atom stereocenters. The van der Waals surface area contributed by atoms with Crippen LogP contribution < -0.4 is 5.32 Å². The van der Waals surface area contributed by atoms with Crippen LogP contribution in [0.3, 0.4) is 0 Å². The van der Waals surface area contributed by atoms with Crippen LogP contribution in [-0.4, -0.2) is 30.0 Å². The van der Waals surface area contributed by atoms with Crippen molar-refractivity contribution >= 4 is 11.9 Å². The Morgan fingerprint density at radius 2 is 1.76 bits per heavy atom. The zero-order valence-electron chi connectivity index (χ0n) is 14.6. The van der Waals surface area contributed by atoms with Gasteiger partial charge in [0.15, 0.2) is 0 Å². The van der Waals surface area contributed by atoms with E-state index >= 15 is 0 Å². The van der Waals surface area contributed by atoms with E-state index in [0.29, 0.717) is 6.42 Å². The topological polar surface area (TPSA) is 68.3 Å². The van der Waals surface area contributed by atoms with Crippen LogP contribution in [0.25, 0.3) is 0 Å². The molecule has 2 rings (SSSR count). The van der Waals surface area contributed by atoms with Crippen LogP contribution in [-0.2, 0) is 27.2 Å². The van der Waals surface area contributed by atoms with Crippen LogP contribution in [0.15, 0.2) is 54.9 Å². The minimum Gasteiger partial charge on any atom is -0.467 e. The second kappa shape index (κ2) is 9.57. The largest absolute Gasteiger partial charge is 0.467 e. The maximum Gasteiger partial charge on any atom is 0.328 e. The Bertz CT molecular complexity index is 674.